The van der Waals surface area contributed by atoms with Gasteiger partial charge in [0.2, 0.25) is 5.91 Å². The Labute approximate surface area is 184 Å². The van der Waals surface area contributed by atoms with Crippen LogP contribution in [-0.4, -0.2) is 39.9 Å². The number of hydrogen-bond acceptors (Lipinski definition) is 7. The number of furan rings is 1. The lowest BCUT2D eigenvalue weighted by Crippen LogP contribution is -2.47. The van der Waals surface area contributed by atoms with Crippen LogP contribution in [-0.2, 0) is 11.3 Å². The average Bonchev–Trinajstić information content (AvgIpc) is 3.36. The lowest BCUT2D eigenvalue weighted by atomic mass is 10.0. The number of nitrogens with one attached hydrogen (secondary N) is 1. The largest absolute Gasteiger partial charge is 0.460 e. The first-order valence-corrected chi connectivity index (χ1v) is 11.4. The highest BCUT2D eigenvalue weighted by molar-refractivity contribution is 7.20. The van der Waals surface area contributed by atoms with Gasteiger partial charge in [-0.25, -0.2) is 4.98 Å². The van der Waals surface area contributed by atoms with Crippen LogP contribution >= 0.6 is 11.3 Å². The van der Waals surface area contributed by atoms with Crippen LogP contribution in [0.5, 0.6) is 10.9 Å². The molecule has 31 heavy (non-hydrogen) atoms. The number of carbonyl (C=O) groups is 1. The van der Waals surface area contributed by atoms with Crippen molar-refractivity contribution in [3.63, 3.8) is 0 Å². The molecule has 1 aliphatic heterocycles. The smallest absolute Gasteiger partial charge is 0.279 e. The second-order valence-electron chi connectivity index (χ2n) is 7.83. The Morgan fingerprint density at radius 1 is 1.32 bits per heavy atom. The molecule has 0 bridgehead atoms. The van der Waals surface area contributed by atoms with E-state index in [4.69, 9.17) is 9.15 Å². The van der Waals surface area contributed by atoms with E-state index < -0.39 is 0 Å². The lowest BCUT2D eigenvalue weighted by molar-refractivity contribution is -0.132. The third-order valence-corrected chi connectivity index (χ3v) is 6.54. The Balaban J connectivity index is 1.23. The Bertz CT molecular complexity index is 1180. The molecule has 7 nitrogen and oxygen atoms in total. The molecule has 4 aromatic rings. The molecule has 4 heterocycles. The quantitative estimate of drug-likeness (QED) is 0.471. The van der Waals surface area contributed by atoms with Crippen molar-refractivity contribution in [2.24, 2.45) is 0 Å². The first-order valence-electron chi connectivity index (χ1n) is 10.5. The van der Waals surface area contributed by atoms with Crippen LogP contribution in [0.25, 0.3) is 21.2 Å². The fourth-order valence-corrected chi connectivity index (χ4v) is 4.92. The minimum absolute atomic E-state index is 0.159. The van der Waals surface area contributed by atoms with E-state index in [0.29, 0.717) is 11.7 Å². The second kappa shape index (κ2) is 8.64. The summed E-state index contributed by atoms with van der Waals surface area (Å²) in [6, 6.07) is 10.00. The molecule has 1 amide bonds. The molecule has 1 saturated heterocycles. The van der Waals surface area contributed by atoms with E-state index in [1.54, 1.807) is 19.3 Å². The third-order valence-electron chi connectivity index (χ3n) is 5.63. The molecule has 1 unspecified atom stereocenters. The molecule has 0 aliphatic carbocycles. The van der Waals surface area contributed by atoms with Crippen molar-refractivity contribution in [1.29, 1.82) is 0 Å². The van der Waals surface area contributed by atoms with Gasteiger partial charge in [0.1, 0.15) is 22.6 Å². The monoisotopic (exact) mass is 436 g/mol. The van der Waals surface area contributed by atoms with Gasteiger partial charge in [0.15, 0.2) is 0 Å². The summed E-state index contributed by atoms with van der Waals surface area (Å²) in [6.07, 6.45) is 6.81. The molecule has 3 aromatic heterocycles. The van der Waals surface area contributed by atoms with Gasteiger partial charge in [0.25, 0.3) is 5.19 Å². The fourth-order valence-electron chi connectivity index (χ4n) is 4.12. The molecular weight excluding hydrogens is 412 g/mol. The zero-order valence-electron chi connectivity index (χ0n) is 17.3. The second-order valence-corrected chi connectivity index (χ2v) is 8.82. The van der Waals surface area contributed by atoms with E-state index in [-0.39, 0.29) is 11.9 Å². The van der Waals surface area contributed by atoms with Crippen LogP contribution in [0.1, 0.15) is 31.9 Å². The van der Waals surface area contributed by atoms with E-state index in [1.165, 1.54) is 17.8 Å². The number of piperidine rings is 1. The summed E-state index contributed by atoms with van der Waals surface area (Å²) in [6.45, 7) is 3.91. The summed E-state index contributed by atoms with van der Waals surface area (Å²) in [7, 11) is 0. The molecule has 1 aromatic carbocycles. The number of ether oxygens (including phenoxy) is 1. The first-order chi connectivity index (χ1) is 15.2. The number of likely N-dealkylation sites (tertiary alicyclic amines) is 1. The van der Waals surface area contributed by atoms with E-state index in [9.17, 15) is 4.79 Å². The standard InChI is InChI=1S/C23H24N4O3S/c1-15(28)27-9-3-2-4-17(27)12-25-13-19-11-16-10-18(5-6-21(16)29-19)30-23-26-20-14-24-8-7-22(20)31-23/h5-8,10-11,14,17,25H,2-4,9,12-13H2,1H3. The Morgan fingerprint density at radius 2 is 2.26 bits per heavy atom. The summed E-state index contributed by atoms with van der Waals surface area (Å²) >= 11 is 1.49. The van der Waals surface area contributed by atoms with Crippen molar-refractivity contribution in [2.45, 2.75) is 38.8 Å². The predicted molar refractivity (Wildman–Crippen MR) is 120 cm³/mol. The topological polar surface area (TPSA) is 80.5 Å². The zero-order valence-corrected chi connectivity index (χ0v) is 18.2. The molecule has 0 radical (unpaired) electrons. The number of aromatic nitrogens is 2. The van der Waals surface area contributed by atoms with Gasteiger partial charge < -0.3 is 19.4 Å². The molecule has 1 aliphatic rings. The number of benzene rings is 1. The van der Waals surface area contributed by atoms with E-state index >= 15 is 0 Å². The first kappa shape index (κ1) is 20.0. The molecule has 1 atom stereocenters. The van der Waals surface area contributed by atoms with Crippen molar-refractivity contribution in [1.82, 2.24) is 20.2 Å². The van der Waals surface area contributed by atoms with Gasteiger partial charge in [-0.15, -0.1) is 0 Å². The molecule has 1 fully saturated rings. The van der Waals surface area contributed by atoms with Crippen molar-refractivity contribution < 1.29 is 13.9 Å². The lowest BCUT2D eigenvalue weighted by Gasteiger charge is -2.35. The highest BCUT2D eigenvalue weighted by atomic mass is 32.1. The van der Waals surface area contributed by atoms with Gasteiger partial charge in [-0.2, -0.15) is 0 Å². The summed E-state index contributed by atoms with van der Waals surface area (Å²) < 4.78 is 13.0. The predicted octanol–water partition coefficient (Wildman–Crippen LogP) is 4.72. The SMILES string of the molecule is CC(=O)N1CCCCC1CNCc1cc2cc(Oc3nc4cnccc4s3)ccc2o1. The van der Waals surface area contributed by atoms with Gasteiger partial charge >= 0.3 is 0 Å². The number of thiazole rings is 1. The van der Waals surface area contributed by atoms with Crippen LogP contribution in [0.3, 0.4) is 0 Å². The molecule has 160 valence electrons. The normalized spacial score (nSPS) is 16.8. The van der Waals surface area contributed by atoms with Crippen LogP contribution in [0, 0.1) is 0 Å². The van der Waals surface area contributed by atoms with Crippen LogP contribution in [0.15, 0.2) is 47.1 Å². The van der Waals surface area contributed by atoms with E-state index in [1.807, 2.05) is 35.2 Å². The van der Waals surface area contributed by atoms with Gasteiger partial charge in [-0.1, -0.05) is 11.3 Å². The minimum atomic E-state index is 0.159. The summed E-state index contributed by atoms with van der Waals surface area (Å²) in [5.74, 6) is 1.75. The molecule has 0 saturated carbocycles. The summed E-state index contributed by atoms with van der Waals surface area (Å²) in [5.41, 5.74) is 1.65. The van der Waals surface area contributed by atoms with Crippen molar-refractivity contribution in [3.05, 3.63) is 48.5 Å². The summed E-state index contributed by atoms with van der Waals surface area (Å²) in [5, 5.41) is 5.03. The fraction of sp³-hybridized carbons (Fsp3) is 0.348. The third kappa shape index (κ3) is 4.40. The highest BCUT2D eigenvalue weighted by Crippen LogP contribution is 2.32. The highest BCUT2D eigenvalue weighted by Gasteiger charge is 2.23. The Kier molecular flexibility index (Phi) is 5.57. The molecule has 8 heteroatoms. The van der Waals surface area contributed by atoms with Gasteiger partial charge in [0, 0.05) is 37.6 Å². The molecule has 5 rings (SSSR count). The van der Waals surface area contributed by atoms with Crippen LogP contribution < -0.4 is 10.1 Å². The number of fused-ring (bicyclic) bond motifs is 2. The number of nitrogens with zero attached hydrogens (tertiary/aromatic N) is 3. The number of hydrogen-bond donors (Lipinski definition) is 1. The molecule has 1 N–H and O–H groups in total. The Morgan fingerprint density at radius 3 is 3.13 bits per heavy atom. The van der Waals surface area contributed by atoms with Crippen molar-refractivity contribution >= 4 is 38.4 Å². The van der Waals surface area contributed by atoms with Crippen molar-refractivity contribution in [3.8, 4) is 10.9 Å². The molecular formula is C23H24N4O3S. The number of amides is 1. The number of rotatable bonds is 6. The van der Waals surface area contributed by atoms with Gasteiger partial charge in [-0.05, 0) is 49.6 Å². The van der Waals surface area contributed by atoms with Crippen molar-refractivity contribution in [2.75, 3.05) is 13.1 Å². The van der Waals surface area contributed by atoms with E-state index in [2.05, 4.69) is 15.3 Å². The van der Waals surface area contributed by atoms with Crippen LogP contribution in [0.2, 0.25) is 0 Å². The molecule has 0 spiro atoms. The summed E-state index contributed by atoms with van der Waals surface area (Å²) in [4.78, 5) is 22.4. The number of carbonyl (C=O) groups excluding carboxylic acids is 1. The number of pyridine rings is 1. The van der Waals surface area contributed by atoms with Gasteiger partial charge in [0.05, 0.1) is 17.4 Å². The maximum atomic E-state index is 11.8. The minimum Gasteiger partial charge on any atom is -0.460 e. The van der Waals surface area contributed by atoms with Crippen LogP contribution in [0.4, 0.5) is 0 Å². The average molecular weight is 437 g/mol. The zero-order chi connectivity index (χ0) is 21.2. The van der Waals surface area contributed by atoms with Gasteiger partial charge in [-0.3, -0.25) is 9.78 Å². The Hall–Kier alpha value is -2.97. The maximum absolute atomic E-state index is 11.8. The van der Waals surface area contributed by atoms with E-state index in [0.717, 1.165) is 58.6 Å². The maximum Gasteiger partial charge on any atom is 0.279 e.